The Hall–Kier alpha value is -2.13. The number of hydrogen-bond donors (Lipinski definition) is 2. The highest BCUT2D eigenvalue weighted by atomic mass is 35.5. The first-order valence-electron chi connectivity index (χ1n) is 5.70. The number of aliphatic hydroxyl groups excluding tert-OH is 1. The Morgan fingerprint density at radius 2 is 2.00 bits per heavy atom. The van der Waals surface area contributed by atoms with E-state index in [0.717, 1.165) is 12.3 Å². The Morgan fingerprint density at radius 1 is 1.36 bits per heavy atom. The third kappa shape index (κ3) is 3.04. The van der Waals surface area contributed by atoms with E-state index in [4.69, 9.17) is 17.3 Å². The molecular weight excluding hydrogens is 330 g/mol. The lowest BCUT2D eigenvalue weighted by atomic mass is 10.1. The maximum atomic E-state index is 14.0. The van der Waals surface area contributed by atoms with Crippen LogP contribution in [0.25, 0.3) is 5.69 Å². The second-order valence-corrected chi connectivity index (χ2v) is 4.69. The Morgan fingerprint density at radius 3 is 2.55 bits per heavy atom. The van der Waals surface area contributed by atoms with E-state index < -0.39 is 40.1 Å². The van der Waals surface area contributed by atoms with E-state index in [1.807, 2.05) is 0 Å². The largest absolute Gasteiger partial charge is 0.418 e. The fraction of sp³-hybridized carbons (Fsp3) is 0.167. The molecule has 0 amide bonds. The molecule has 1 atom stereocenters. The number of hydrogen-bond acceptors (Lipinski definition) is 4. The zero-order chi connectivity index (χ0) is 16.7. The van der Waals surface area contributed by atoms with Crippen molar-refractivity contribution in [1.82, 2.24) is 9.55 Å². The summed E-state index contributed by atoms with van der Waals surface area (Å²) in [6.45, 7) is 0. The van der Waals surface area contributed by atoms with Crippen LogP contribution in [0.4, 0.5) is 23.4 Å². The third-order valence-electron chi connectivity index (χ3n) is 2.74. The number of alkyl halides is 3. The van der Waals surface area contributed by atoms with E-state index in [-0.39, 0.29) is 5.82 Å². The first-order chi connectivity index (χ1) is 10.1. The van der Waals surface area contributed by atoms with Crippen LogP contribution in [0.2, 0.25) is 5.02 Å². The Labute approximate surface area is 125 Å². The van der Waals surface area contributed by atoms with Gasteiger partial charge in [0.25, 0.3) is 0 Å². The maximum Gasteiger partial charge on any atom is 0.418 e. The fourth-order valence-corrected chi connectivity index (χ4v) is 1.94. The molecule has 10 heteroatoms. The predicted molar refractivity (Wildman–Crippen MR) is 70.2 cm³/mol. The minimum Gasteiger partial charge on any atom is -0.383 e. The van der Waals surface area contributed by atoms with Gasteiger partial charge < -0.3 is 10.8 Å². The molecule has 0 spiro atoms. The molecule has 0 saturated carbocycles. The molecule has 0 aliphatic heterocycles. The number of nitrogens with two attached hydrogens (primary N) is 1. The molecule has 0 aliphatic carbocycles. The second kappa shape index (κ2) is 5.58. The van der Waals surface area contributed by atoms with Gasteiger partial charge in [0, 0.05) is 6.20 Å². The zero-order valence-electron chi connectivity index (χ0n) is 10.6. The minimum absolute atomic E-state index is 0.140. The van der Waals surface area contributed by atoms with Gasteiger partial charge in [-0.15, -0.1) is 0 Å². The first-order valence-corrected chi connectivity index (χ1v) is 6.08. The molecular formula is C12H8ClF4N3O2. The van der Waals surface area contributed by atoms with Crippen molar-refractivity contribution in [1.29, 1.82) is 0 Å². The minimum atomic E-state index is -4.97. The molecule has 1 aromatic heterocycles. The van der Waals surface area contributed by atoms with E-state index in [0.29, 0.717) is 16.7 Å². The van der Waals surface area contributed by atoms with Gasteiger partial charge in [0.05, 0.1) is 10.7 Å². The Balaban J connectivity index is 2.66. The van der Waals surface area contributed by atoms with Crippen LogP contribution in [0.5, 0.6) is 0 Å². The summed E-state index contributed by atoms with van der Waals surface area (Å²) >= 11 is 5.53. The lowest BCUT2D eigenvalue weighted by Crippen LogP contribution is -2.24. The standard InChI is InChI=1S/C12H8ClF4N3O2/c13-6-3-5(10(21)12(15,16)17)4-7(9(6)14)20-2-1-8(18)19-11(20)22/h1-4,10,21H,(H2,18,19,22). The predicted octanol–water partition coefficient (Wildman–Crippen LogP) is 2.20. The van der Waals surface area contributed by atoms with E-state index in [1.165, 1.54) is 0 Å². The summed E-state index contributed by atoms with van der Waals surface area (Å²) in [6.07, 6.45) is -6.81. The van der Waals surface area contributed by atoms with Crippen molar-refractivity contribution in [2.24, 2.45) is 0 Å². The van der Waals surface area contributed by atoms with Crippen LogP contribution < -0.4 is 11.4 Å². The highest BCUT2D eigenvalue weighted by molar-refractivity contribution is 6.31. The molecule has 0 radical (unpaired) electrons. The molecule has 1 aromatic carbocycles. The number of anilines is 1. The molecule has 1 heterocycles. The number of nitrogen functional groups attached to an aromatic ring is 1. The molecule has 3 N–H and O–H groups in total. The van der Waals surface area contributed by atoms with Crippen LogP contribution in [0.15, 0.2) is 29.2 Å². The van der Waals surface area contributed by atoms with Crippen LogP contribution in [-0.2, 0) is 0 Å². The number of benzene rings is 1. The molecule has 118 valence electrons. The van der Waals surface area contributed by atoms with E-state index in [1.54, 1.807) is 0 Å². The summed E-state index contributed by atoms with van der Waals surface area (Å²) in [5.74, 6) is -1.27. The molecule has 0 fully saturated rings. The number of nitrogens with zero attached hydrogens (tertiary/aromatic N) is 2. The highest BCUT2D eigenvalue weighted by Crippen LogP contribution is 2.35. The van der Waals surface area contributed by atoms with Crippen LogP contribution in [0, 0.1) is 5.82 Å². The monoisotopic (exact) mass is 337 g/mol. The second-order valence-electron chi connectivity index (χ2n) is 4.28. The first kappa shape index (κ1) is 16.2. The molecule has 5 nitrogen and oxygen atoms in total. The summed E-state index contributed by atoms with van der Waals surface area (Å²) < 4.78 is 52.3. The average molecular weight is 338 g/mol. The molecule has 1 unspecified atom stereocenters. The van der Waals surface area contributed by atoms with Gasteiger partial charge in [-0.3, -0.25) is 4.57 Å². The van der Waals surface area contributed by atoms with Crippen molar-refractivity contribution >= 4 is 17.4 Å². The zero-order valence-corrected chi connectivity index (χ0v) is 11.4. The van der Waals surface area contributed by atoms with Crippen molar-refractivity contribution in [3.8, 4) is 5.69 Å². The molecule has 2 rings (SSSR count). The normalized spacial score (nSPS) is 13.2. The fourth-order valence-electron chi connectivity index (χ4n) is 1.72. The SMILES string of the molecule is Nc1ccn(-c2cc(C(O)C(F)(F)F)cc(Cl)c2F)c(=O)n1. The van der Waals surface area contributed by atoms with Crippen LogP contribution >= 0.6 is 11.6 Å². The van der Waals surface area contributed by atoms with Gasteiger partial charge in [-0.1, -0.05) is 11.6 Å². The average Bonchev–Trinajstić information content (AvgIpc) is 2.40. The topological polar surface area (TPSA) is 81.1 Å². The third-order valence-corrected chi connectivity index (χ3v) is 3.02. The van der Waals surface area contributed by atoms with Gasteiger partial charge in [0.15, 0.2) is 11.9 Å². The Bertz CT molecular complexity index is 776. The van der Waals surface area contributed by atoms with Crippen LogP contribution in [0.3, 0.4) is 0 Å². The molecule has 0 bridgehead atoms. The van der Waals surface area contributed by atoms with Gasteiger partial charge in [-0.2, -0.15) is 18.2 Å². The van der Waals surface area contributed by atoms with Crippen LogP contribution in [0.1, 0.15) is 11.7 Å². The summed E-state index contributed by atoms with van der Waals surface area (Å²) in [5.41, 5.74) is 2.98. The van der Waals surface area contributed by atoms with E-state index in [9.17, 15) is 27.5 Å². The van der Waals surface area contributed by atoms with E-state index in [2.05, 4.69) is 4.98 Å². The number of aromatic nitrogens is 2. The van der Waals surface area contributed by atoms with Gasteiger partial charge in [-0.05, 0) is 23.8 Å². The number of halogens is 5. The summed E-state index contributed by atoms with van der Waals surface area (Å²) in [4.78, 5) is 15.0. The van der Waals surface area contributed by atoms with Crippen molar-refractivity contribution in [3.05, 3.63) is 51.3 Å². The molecule has 2 aromatic rings. The summed E-state index contributed by atoms with van der Waals surface area (Å²) in [7, 11) is 0. The molecule has 0 saturated heterocycles. The van der Waals surface area contributed by atoms with Crippen molar-refractivity contribution in [2.75, 3.05) is 5.73 Å². The van der Waals surface area contributed by atoms with Crippen molar-refractivity contribution < 1.29 is 22.7 Å². The molecule has 22 heavy (non-hydrogen) atoms. The maximum absolute atomic E-state index is 14.0. The van der Waals surface area contributed by atoms with Gasteiger partial charge >= 0.3 is 11.9 Å². The van der Waals surface area contributed by atoms with Gasteiger partial charge in [0.1, 0.15) is 5.82 Å². The van der Waals surface area contributed by atoms with E-state index >= 15 is 0 Å². The lowest BCUT2D eigenvalue weighted by molar-refractivity contribution is -0.206. The smallest absolute Gasteiger partial charge is 0.383 e. The quantitative estimate of drug-likeness (QED) is 0.823. The number of aliphatic hydroxyl groups is 1. The lowest BCUT2D eigenvalue weighted by Gasteiger charge is -2.17. The summed E-state index contributed by atoms with van der Waals surface area (Å²) in [6, 6.07) is 2.45. The van der Waals surface area contributed by atoms with Gasteiger partial charge in [-0.25, -0.2) is 9.18 Å². The van der Waals surface area contributed by atoms with Crippen LogP contribution in [-0.4, -0.2) is 20.8 Å². The number of rotatable bonds is 2. The highest BCUT2D eigenvalue weighted by Gasteiger charge is 2.40. The van der Waals surface area contributed by atoms with Gasteiger partial charge in [0.2, 0.25) is 0 Å². The summed E-state index contributed by atoms with van der Waals surface area (Å²) in [5, 5.41) is 8.55. The molecule has 0 aliphatic rings. The Kier molecular flexibility index (Phi) is 4.12. The van der Waals surface area contributed by atoms with Crippen molar-refractivity contribution in [2.45, 2.75) is 12.3 Å². The van der Waals surface area contributed by atoms with Crippen molar-refractivity contribution in [3.63, 3.8) is 0 Å².